The lowest BCUT2D eigenvalue weighted by atomic mass is 10.2. The summed E-state index contributed by atoms with van der Waals surface area (Å²) >= 11 is 1.23. The Morgan fingerprint density at radius 1 is 1.46 bits per heavy atom. The molecule has 2 heterocycles. The smallest absolute Gasteiger partial charge is 0.344 e. The Kier molecular flexibility index (Phi) is 5.37. The number of ether oxygens (including phenoxy) is 1. The van der Waals surface area contributed by atoms with E-state index >= 15 is 0 Å². The molecule has 2 aromatic rings. The topological polar surface area (TPSA) is 89.0 Å². The molecule has 1 atom stereocenters. The molecule has 1 unspecified atom stereocenters. The largest absolute Gasteiger partial charge is 0.376 e. The Morgan fingerprint density at radius 3 is 2.96 bits per heavy atom. The van der Waals surface area contributed by atoms with Crippen LogP contribution in [0.15, 0.2) is 34.2 Å². The second kappa shape index (κ2) is 7.67. The number of nitrogens with one attached hydrogen (secondary N) is 2. The molecular weight excluding hydrogens is 328 g/mol. The van der Waals surface area contributed by atoms with Gasteiger partial charge in [-0.05, 0) is 31.9 Å². The number of H-pyrrole nitrogens is 1. The van der Waals surface area contributed by atoms with Crippen LogP contribution in [-0.2, 0) is 16.1 Å². The summed E-state index contributed by atoms with van der Waals surface area (Å²) in [6.07, 6.45) is 2.00. The van der Waals surface area contributed by atoms with Crippen LogP contribution in [0, 0.1) is 6.92 Å². The maximum Gasteiger partial charge on any atom is 0.344 e. The van der Waals surface area contributed by atoms with E-state index in [0.29, 0.717) is 11.7 Å². The Morgan fingerprint density at radius 2 is 2.25 bits per heavy atom. The van der Waals surface area contributed by atoms with Crippen molar-refractivity contribution in [1.29, 1.82) is 0 Å². The van der Waals surface area contributed by atoms with Gasteiger partial charge in [0.25, 0.3) is 0 Å². The zero-order chi connectivity index (χ0) is 16.9. The van der Waals surface area contributed by atoms with Crippen molar-refractivity contribution in [3.05, 3.63) is 40.3 Å². The lowest BCUT2D eigenvalue weighted by Crippen LogP contribution is -2.25. The lowest BCUT2D eigenvalue weighted by Gasteiger charge is -2.11. The average Bonchev–Trinajstić information content (AvgIpc) is 3.19. The zero-order valence-electron chi connectivity index (χ0n) is 13.4. The summed E-state index contributed by atoms with van der Waals surface area (Å²) in [5.41, 5.74) is 1.62. The minimum absolute atomic E-state index is 0.0426. The predicted octanol–water partition coefficient (Wildman–Crippen LogP) is 1.79. The molecule has 1 saturated heterocycles. The number of anilines is 1. The summed E-state index contributed by atoms with van der Waals surface area (Å²) in [5, 5.41) is 9.78. The van der Waals surface area contributed by atoms with E-state index in [-0.39, 0.29) is 23.5 Å². The van der Waals surface area contributed by atoms with Gasteiger partial charge in [-0.1, -0.05) is 29.5 Å². The molecule has 8 heteroatoms. The van der Waals surface area contributed by atoms with Crippen molar-refractivity contribution in [2.45, 2.75) is 37.6 Å². The van der Waals surface area contributed by atoms with Crippen LogP contribution in [0.5, 0.6) is 0 Å². The van der Waals surface area contributed by atoms with Gasteiger partial charge in [0.2, 0.25) is 5.91 Å². The second-order valence-electron chi connectivity index (χ2n) is 5.76. The number of aromatic amines is 1. The Balaban J connectivity index is 1.57. The van der Waals surface area contributed by atoms with E-state index < -0.39 is 0 Å². The van der Waals surface area contributed by atoms with Crippen molar-refractivity contribution in [2.75, 3.05) is 17.7 Å². The van der Waals surface area contributed by atoms with Gasteiger partial charge in [-0.25, -0.2) is 9.89 Å². The zero-order valence-corrected chi connectivity index (χ0v) is 14.3. The minimum atomic E-state index is -0.271. The van der Waals surface area contributed by atoms with Crippen LogP contribution < -0.4 is 11.0 Å². The van der Waals surface area contributed by atoms with E-state index in [2.05, 4.69) is 15.5 Å². The van der Waals surface area contributed by atoms with Crippen LogP contribution in [-0.4, -0.2) is 39.1 Å². The molecule has 1 amide bonds. The highest BCUT2D eigenvalue weighted by Gasteiger charge is 2.20. The van der Waals surface area contributed by atoms with E-state index in [0.717, 1.165) is 30.7 Å². The molecule has 128 valence electrons. The molecule has 0 spiro atoms. The van der Waals surface area contributed by atoms with Gasteiger partial charge >= 0.3 is 5.69 Å². The predicted molar refractivity (Wildman–Crippen MR) is 92.4 cm³/mol. The highest BCUT2D eigenvalue weighted by molar-refractivity contribution is 7.99. The highest BCUT2D eigenvalue weighted by atomic mass is 32.2. The van der Waals surface area contributed by atoms with E-state index in [1.807, 2.05) is 31.2 Å². The van der Waals surface area contributed by atoms with Gasteiger partial charge in [-0.15, -0.1) is 5.10 Å². The van der Waals surface area contributed by atoms with Crippen LogP contribution in [0.1, 0.15) is 18.4 Å². The molecule has 1 fully saturated rings. The van der Waals surface area contributed by atoms with E-state index in [1.54, 1.807) is 4.57 Å². The molecule has 24 heavy (non-hydrogen) atoms. The van der Waals surface area contributed by atoms with Crippen molar-refractivity contribution in [1.82, 2.24) is 14.8 Å². The van der Waals surface area contributed by atoms with Gasteiger partial charge in [0, 0.05) is 12.3 Å². The molecule has 0 aliphatic carbocycles. The number of aryl methyl sites for hydroxylation is 1. The van der Waals surface area contributed by atoms with Crippen LogP contribution in [0.3, 0.4) is 0 Å². The van der Waals surface area contributed by atoms with Crippen molar-refractivity contribution in [2.24, 2.45) is 0 Å². The number of hydrogen-bond donors (Lipinski definition) is 2. The number of carbonyl (C=O) groups excluding carboxylic acids is 1. The van der Waals surface area contributed by atoms with Crippen molar-refractivity contribution in [3.63, 3.8) is 0 Å². The van der Waals surface area contributed by atoms with Gasteiger partial charge in [-0.2, -0.15) is 0 Å². The third-order valence-electron chi connectivity index (χ3n) is 3.80. The van der Waals surface area contributed by atoms with Crippen LogP contribution >= 0.6 is 11.8 Å². The van der Waals surface area contributed by atoms with E-state index in [4.69, 9.17) is 4.74 Å². The number of hydrogen-bond acceptors (Lipinski definition) is 5. The quantitative estimate of drug-likeness (QED) is 0.777. The molecule has 0 radical (unpaired) electrons. The first-order valence-corrected chi connectivity index (χ1v) is 8.86. The molecule has 3 rings (SSSR count). The molecule has 1 aliphatic rings. The SMILES string of the molecule is Cc1ccc(NC(=O)CSc2n[nH]c(=O)n2CC2CCCO2)cc1. The third-order valence-corrected chi connectivity index (χ3v) is 4.78. The first-order valence-electron chi connectivity index (χ1n) is 7.88. The van der Waals surface area contributed by atoms with Crippen LogP contribution in [0.4, 0.5) is 5.69 Å². The summed E-state index contributed by atoms with van der Waals surface area (Å²) in [7, 11) is 0. The summed E-state index contributed by atoms with van der Waals surface area (Å²) in [6.45, 7) is 3.20. The molecule has 1 aromatic carbocycles. The maximum atomic E-state index is 12.1. The Bertz CT molecular complexity index is 747. The average molecular weight is 348 g/mol. The first kappa shape index (κ1) is 16.8. The Labute approximate surface area is 143 Å². The number of amides is 1. The fourth-order valence-corrected chi connectivity index (χ4v) is 3.29. The number of carbonyl (C=O) groups is 1. The van der Waals surface area contributed by atoms with Gasteiger partial charge in [0.1, 0.15) is 0 Å². The molecule has 7 nitrogen and oxygen atoms in total. The fraction of sp³-hybridized carbons (Fsp3) is 0.438. The molecule has 1 aliphatic heterocycles. The summed E-state index contributed by atoms with van der Waals surface area (Å²) in [6, 6.07) is 7.60. The number of rotatable bonds is 6. The fourth-order valence-electron chi connectivity index (χ4n) is 2.53. The van der Waals surface area contributed by atoms with Gasteiger partial charge < -0.3 is 10.1 Å². The van der Waals surface area contributed by atoms with Crippen LogP contribution in [0.2, 0.25) is 0 Å². The first-order chi connectivity index (χ1) is 11.6. The standard InChI is InChI=1S/C16H20N4O3S/c1-11-4-6-12(7-5-11)17-14(21)10-24-16-19-18-15(22)20(16)9-13-3-2-8-23-13/h4-7,13H,2-3,8-10H2,1H3,(H,17,21)(H,18,22). The molecule has 0 bridgehead atoms. The summed E-state index contributed by atoms with van der Waals surface area (Å²) in [4.78, 5) is 23.9. The molecule has 1 aromatic heterocycles. The Hall–Kier alpha value is -2.06. The number of nitrogens with zero attached hydrogens (tertiary/aromatic N) is 2. The van der Waals surface area contributed by atoms with Crippen molar-refractivity contribution >= 4 is 23.4 Å². The number of benzene rings is 1. The monoisotopic (exact) mass is 348 g/mol. The highest BCUT2D eigenvalue weighted by Crippen LogP contribution is 2.18. The minimum Gasteiger partial charge on any atom is -0.376 e. The van der Waals surface area contributed by atoms with Gasteiger partial charge in [0.15, 0.2) is 5.16 Å². The van der Waals surface area contributed by atoms with Crippen molar-refractivity contribution in [3.8, 4) is 0 Å². The third kappa shape index (κ3) is 4.27. The van der Waals surface area contributed by atoms with E-state index in [9.17, 15) is 9.59 Å². The molecule has 2 N–H and O–H groups in total. The normalized spacial score (nSPS) is 17.1. The van der Waals surface area contributed by atoms with E-state index in [1.165, 1.54) is 11.8 Å². The summed E-state index contributed by atoms with van der Waals surface area (Å²) < 4.78 is 7.10. The number of thioether (sulfide) groups is 1. The summed E-state index contributed by atoms with van der Waals surface area (Å²) in [5.74, 6) is 0.0481. The molecule has 0 saturated carbocycles. The second-order valence-corrected chi connectivity index (χ2v) is 6.70. The maximum absolute atomic E-state index is 12.1. The molecular formula is C16H20N4O3S. The van der Waals surface area contributed by atoms with Crippen molar-refractivity contribution < 1.29 is 9.53 Å². The van der Waals surface area contributed by atoms with Gasteiger partial charge in [-0.3, -0.25) is 9.36 Å². The van der Waals surface area contributed by atoms with Gasteiger partial charge in [0.05, 0.1) is 18.4 Å². The van der Waals surface area contributed by atoms with Crippen LogP contribution in [0.25, 0.3) is 0 Å². The lowest BCUT2D eigenvalue weighted by molar-refractivity contribution is -0.113. The number of aromatic nitrogens is 3.